The van der Waals surface area contributed by atoms with Gasteiger partial charge in [-0.2, -0.15) is 0 Å². The van der Waals surface area contributed by atoms with Crippen LogP contribution in [0.3, 0.4) is 0 Å². The summed E-state index contributed by atoms with van der Waals surface area (Å²) in [5.41, 5.74) is 2.07. The Kier molecular flexibility index (Phi) is 4.45. The van der Waals surface area contributed by atoms with Crippen LogP contribution >= 0.6 is 39.1 Å². The van der Waals surface area contributed by atoms with E-state index in [9.17, 15) is 4.79 Å². The highest BCUT2D eigenvalue weighted by Gasteiger charge is 2.11. The number of rotatable bonds is 2. The highest BCUT2D eigenvalue weighted by atomic mass is 79.9. The van der Waals surface area contributed by atoms with Gasteiger partial charge in [-0.3, -0.25) is 4.79 Å². The van der Waals surface area contributed by atoms with Crippen molar-refractivity contribution in [3.05, 3.63) is 56.2 Å². The maximum atomic E-state index is 12.1. The molecule has 3 nitrogen and oxygen atoms in total. The Morgan fingerprint density at radius 3 is 2.79 bits per heavy atom. The second-order valence-electron chi connectivity index (χ2n) is 3.89. The second kappa shape index (κ2) is 5.90. The largest absolute Gasteiger partial charge is 0.321 e. The molecule has 1 amide bonds. The third-order valence-electron chi connectivity index (χ3n) is 2.50. The van der Waals surface area contributed by atoms with Crippen molar-refractivity contribution in [2.75, 3.05) is 5.32 Å². The molecule has 0 spiro atoms. The molecule has 0 radical (unpaired) electrons. The van der Waals surface area contributed by atoms with Crippen LogP contribution in [-0.4, -0.2) is 10.9 Å². The standard InChI is InChI=1S/C13H9BrCl2N2O/c1-7-3-2-4-10(11(7)14)18-13(19)8-5-9(15)12(16)17-6-8/h2-6H,1H3,(H,18,19). The van der Waals surface area contributed by atoms with Crippen LogP contribution in [0.15, 0.2) is 34.9 Å². The van der Waals surface area contributed by atoms with E-state index in [4.69, 9.17) is 23.2 Å². The average Bonchev–Trinajstić information content (AvgIpc) is 2.38. The molecule has 1 N–H and O–H groups in total. The van der Waals surface area contributed by atoms with Crippen molar-refractivity contribution in [1.29, 1.82) is 0 Å². The first-order chi connectivity index (χ1) is 8.99. The van der Waals surface area contributed by atoms with E-state index in [1.165, 1.54) is 12.3 Å². The molecule has 0 saturated heterocycles. The zero-order valence-corrected chi connectivity index (χ0v) is 13.0. The molecule has 0 saturated carbocycles. The fourth-order valence-corrected chi connectivity index (χ4v) is 2.12. The normalized spacial score (nSPS) is 10.3. The molecule has 0 aliphatic heterocycles. The molecule has 0 aliphatic carbocycles. The zero-order valence-electron chi connectivity index (χ0n) is 9.88. The van der Waals surface area contributed by atoms with E-state index in [2.05, 4.69) is 26.2 Å². The number of nitrogens with one attached hydrogen (secondary N) is 1. The highest BCUT2D eigenvalue weighted by Crippen LogP contribution is 2.26. The monoisotopic (exact) mass is 358 g/mol. The summed E-state index contributed by atoms with van der Waals surface area (Å²) >= 11 is 15.0. The number of carbonyl (C=O) groups is 1. The van der Waals surface area contributed by atoms with Gasteiger partial charge in [-0.05, 0) is 40.5 Å². The number of aromatic nitrogens is 1. The van der Waals surface area contributed by atoms with E-state index in [1.807, 2.05) is 19.1 Å². The van der Waals surface area contributed by atoms with Crippen molar-refractivity contribution in [2.24, 2.45) is 0 Å². The molecule has 0 bridgehead atoms. The Morgan fingerprint density at radius 1 is 1.37 bits per heavy atom. The van der Waals surface area contributed by atoms with Gasteiger partial charge in [0.1, 0.15) is 5.15 Å². The van der Waals surface area contributed by atoms with Crippen molar-refractivity contribution >= 4 is 50.7 Å². The van der Waals surface area contributed by atoms with Gasteiger partial charge in [0.25, 0.3) is 5.91 Å². The number of nitrogens with zero attached hydrogens (tertiary/aromatic N) is 1. The maximum Gasteiger partial charge on any atom is 0.257 e. The topological polar surface area (TPSA) is 42.0 Å². The van der Waals surface area contributed by atoms with E-state index in [0.717, 1.165) is 10.0 Å². The zero-order chi connectivity index (χ0) is 14.0. The molecule has 6 heteroatoms. The number of benzene rings is 1. The molecule has 2 rings (SSSR count). The number of pyridine rings is 1. The van der Waals surface area contributed by atoms with E-state index in [0.29, 0.717) is 11.3 Å². The molecular formula is C13H9BrCl2N2O. The Labute approximate surface area is 129 Å². The minimum absolute atomic E-state index is 0.176. The summed E-state index contributed by atoms with van der Waals surface area (Å²) in [7, 11) is 0. The van der Waals surface area contributed by atoms with Crippen LogP contribution in [0.5, 0.6) is 0 Å². The molecule has 0 fully saturated rings. The minimum atomic E-state index is -0.294. The number of aryl methyl sites for hydroxylation is 1. The lowest BCUT2D eigenvalue weighted by Gasteiger charge is -2.09. The number of amides is 1. The van der Waals surface area contributed by atoms with Crippen molar-refractivity contribution in [1.82, 2.24) is 4.98 Å². The molecule has 1 aromatic carbocycles. The first-order valence-electron chi connectivity index (χ1n) is 5.36. The molecule has 98 valence electrons. The van der Waals surface area contributed by atoms with Crippen molar-refractivity contribution in [2.45, 2.75) is 6.92 Å². The summed E-state index contributed by atoms with van der Waals surface area (Å²) in [6.45, 7) is 1.94. The van der Waals surface area contributed by atoms with E-state index in [1.54, 1.807) is 6.07 Å². The smallest absolute Gasteiger partial charge is 0.257 e. The second-order valence-corrected chi connectivity index (χ2v) is 5.45. The third-order valence-corrected chi connectivity index (χ3v) is 4.24. The number of carbonyl (C=O) groups excluding carboxylic acids is 1. The molecule has 1 heterocycles. The van der Waals surface area contributed by atoms with E-state index >= 15 is 0 Å². The predicted molar refractivity (Wildman–Crippen MR) is 81.1 cm³/mol. The quantitative estimate of drug-likeness (QED) is 0.789. The van der Waals surface area contributed by atoms with Crippen LogP contribution in [0, 0.1) is 6.92 Å². The summed E-state index contributed by atoms with van der Waals surface area (Å²) in [4.78, 5) is 15.9. The summed E-state index contributed by atoms with van der Waals surface area (Å²) in [6.07, 6.45) is 1.38. The SMILES string of the molecule is Cc1cccc(NC(=O)c2cnc(Cl)c(Cl)c2)c1Br. The van der Waals surface area contributed by atoms with Crippen molar-refractivity contribution in [3.63, 3.8) is 0 Å². The Bertz CT molecular complexity index is 647. The first kappa shape index (κ1) is 14.3. The summed E-state index contributed by atoms with van der Waals surface area (Å²) in [6, 6.07) is 7.10. The molecular weight excluding hydrogens is 351 g/mol. The van der Waals surface area contributed by atoms with E-state index < -0.39 is 0 Å². The lowest BCUT2D eigenvalue weighted by atomic mass is 10.2. The van der Waals surface area contributed by atoms with Crippen LogP contribution in [0.4, 0.5) is 5.69 Å². The third kappa shape index (κ3) is 3.26. The molecule has 0 atom stereocenters. The van der Waals surface area contributed by atoms with Gasteiger partial charge >= 0.3 is 0 Å². The molecule has 0 aliphatic rings. The molecule has 2 aromatic rings. The predicted octanol–water partition coefficient (Wildman–Crippen LogP) is 4.71. The highest BCUT2D eigenvalue weighted by molar-refractivity contribution is 9.10. The lowest BCUT2D eigenvalue weighted by molar-refractivity contribution is 0.102. The lowest BCUT2D eigenvalue weighted by Crippen LogP contribution is -2.12. The summed E-state index contributed by atoms with van der Waals surface area (Å²) in [5.74, 6) is -0.294. The van der Waals surface area contributed by atoms with Gasteiger partial charge in [-0.1, -0.05) is 35.3 Å². The first-order valence-corrected chi connectivity index (χ1v) is 6.91. The van der Waals surface area contributed by atoms with Gasteiger partial charge in [-0.25, -0.2) is 4.98 Å². The fraction of sp³-hybridized carbons (Fsp3) is 0.0769. The molecule has 19 heavy (non-hydrogen) atoms. The maximum absolute atomic E-state index is 12.1. The fourth-order valence-electron chi connectivity index (χ4n) is 1.48. The van der Waals surface area contributed by atoms with Gasteiger partial charge in [0.15, 0.2) is 0 Å². The molecule has 0 unspecified atom stereocenters. The van der Waals surface area contributed by atoms with Crippen LogP contribution in [0.2, 0.25) is 10.2 Å². The van der Waals surface area contributed by atoms with Crippen LogP contribution in [-0.2, 0) is 0 Å². The Morgan fingerprint density at radius 2 is 2.11 bits per heavy atom. The number of hydrogen-bond acceptors (Lipinski definition) is 2. The average molecular weight is 360 g/mol. The van der Waals surface area contributed by atoms with Gasteiger partial charge in [-0.15, -0.1) is 0 Å². The number of halogens is 3. The number of anilines is 1. The van der Waals surface area contributed by atoms with Gasteiger partial charge in [0, 0.05) is 10.7 Å². The van der Waals surface area contributed by atoms with Crippen molar-refractivity contribution in [3.8, 4) is 0 Å². The minimum Gasteiger partial charge on any atom is -0.321 e. The summed E-state index contributed by atoms with van der Waals surface area (Å²) in [5, 5.41) is 3.21. The van der Waals surface area contributed by atoms with Crippen molar-refractivity contribution < 1.29 is 4.79 Å². The van der Waals surface area contributed by atoms with Gasteiger partial charge in [0.2, 0.25) is 0 Å². The van der Waals surface area contributed by atoms with Crippen LogP contribution < -0.4 is 5.32 Å². The molecule has 1 aromatic heterocycles. The van der Waals surface area contributed by atoms with Crippen LogP contribution in [0.25, 0.3) is 0 Å². The van der Waals surface area contributed by atoms with Gasteiger partial charge < -0.3 is 5.32 Å². The van der Waals surface area contributed by atoms with Crippen LogP contribution in [0.1, 0.15) is 15.9 Å². The summed E-state index contributed by atoms with van der Waals surface area (Å²) < 4.78 is 0.844. The van der Waals surface area contributed by atoms with E-state index in [-0.39, 0.29) is 16.1 Å². The number of hydrogen-bond donors (Lipinski definition) is 1. The Balaban J connectivity index is 2.26. The van der Waals surface area contributed by atoms with Gasteiger partial charge in [0.05, 0.1) is 16.3 Å². The Hall–Kier alpha value is -1.10.